The number of pyridine rings is 1. The van der Waals surface area contributed by atoms with Gasteiger partial charge < -0.3 is 19.1 Å². The number of rotatable bonds is 9. The van der Waals surface area contributed by atoms with Gasteiger partial charge in [-0.3, -0.25) is 0 Å². The van der Waals surface area contributed by atoms with Gasteiger partial charge in [0.15, 0.2) is 0 Å². The second-order valence-corrected chi connectivity index (χ2v) is 18.9. The number of nitrogens with zero attached hydrogens (tertiary/aromatic N) is 4. The first-order chi connectivity index (χ1) is 34.6. The average Bonchev–Trinajstić information content (AvgIpc) is 3.95. The van der Waals surface area contributed by atoms with Crippen molar-refractivity contribution in [1.29, 1.82) is 0 Å². The summed E-state index contributed by atoms with van der Waals surface area (Å²) >= 11 is 0. The summed E-state index contributed by atoms with van der Waals surface area (Å²) in [6, 6.07) is 75.1. The van der Waals surface area contributed by atoms with Crippen molar-refractivity contribution in [3.8, 4) is 61.8 Å². The van der Waals surface area contributed by atoms with Crippen LogP contribution in [0.1, 0.15) is 26.3 Å². The summed E-state index contributed by atoms with van der Waals surface area (Å²) in [5, 5.41) is 2.12. The number of aromatic nitrogens is 2. The number of hydrogen-bond acceptors (Lipinski definition) is 4. The van der Waals surface area contributed by atoms with Crippen molar-refractivity contribution in [3.05, 3.63) is 248 Å². The molecule has 8 heteroatoms. The Labute approximate surface area is 432 Å². The normalized spacial score (nSPS) is 12.3. The first kappa shape index (κ1) is 46.3. The van der Waals surface area contributed by atoms with Crippen LogP contribution in [0.2, 0.25) is 0 Å². The minimum absolute atomic E-state index is 0. The molecule has 3 heterocycles. The summed E-state index contributed by atoms with van der Waals surface area (Å²) in [7, 11) is 0. The van der Waals surface area contributed by atoms with Crippen LogP contribution in [-0.2, 0) is 26.5 Å². The molecule has 11 aromatic rings. The maximum Gasteiger partial charge on any atom is 0.135 e. The smallest absolute Gasteiger partial charge is 0.135 e. The summed E-state index contributed by atoms with van der Waals surface area (Å²) in [4.78, 5) is 9.04. The van der Waals surface area contributed by atoms with Gasteiger partial charge in [-0.15, -0.1) is 53.6 Å². The molecule has 0 spiro atoms. The molecule has 0 saturated heterocycles. The minimum atomic E-state index is -0.641. The Morgan fingerprint density at radius 2 is 1.07 bits per heavy atom. The van der Waals surface area contributed by atoms with Crippen molar-refractivity contribution in [1.82, 2.24) is 9.55 Å². The Balaban J connectivity index is 0.00000560. The quantitative estimate of drug-likeness (QED) is 0.135. The van der Waals surface area contributed by atoms with Crippen molar-refractivity contribution >= 4 is 44.6 Å². The van der Waals surface area contributed by atoms with Crippen LogP contribution in [0.25, 0.3) is 72.1 Å². The van der Waals surface area contributed by atoms with Crippen LogP contribution in [0, 0.1) is 30.4 Å². The van der Waals surface area contributed by atoms with Crippen molar-refractivity contribution in [2.75, 3.05) is 9.80 Å². The van der Waals surface area contributed by atoms with Crippen molar-refractivity contribution in [3.63, 3.8) is 0 Å². The zero-order chi connectivity index (χ0) is 48.2. The van der Waals surface area contributed by atoms with E-state index in [-0.39, 0.29) is 26.5 Å². The number of benzene rings is 9. The van der Waals surface area contributed by atoms with Crippen LogP contribution >= 0.6 is 0 Å². The van der Waals surface area contributed by atoms with Crippen molar-refractivity contribution in [2.24, 2.45) is 0 Å². The van der Waals surface area contributed by atoms with Gasteiger partial charge in [0.2, 0.25) is 0 Å². The fourth-order valence-electron chi connectivity index (χ4n) is 9.70. The summed E-state index contributed by atoms with van der Waals surface area (Å²) < 4.78 is 38.6. The van der Waals surface area contributed by atoms with Gasteiger partial charge in [0.05, 0.1) is 0 Å². The van der Waals surface area contributed by atoms with E-state index in [2.05, 4.69) is 169 Å². The van der Waals surface area contributed by atoms with Gasteiger partial charge in [-0.05, 0) is 116 Å². The fraction of sp³-hybridized carbons (Fsp3) is 0.0625. The third-order valence-electron chi connectivity index (χ3n) is 13.2. The third-order valence-corrected chi connectivity index (χ3v) is 13.2. The second kappa shape index (κ2) is 18.9. The van der Waals surface area contributed by atoms with Crippen LogP contribution in [0.4, 0.5) is 31.5 Å². The third kappa shape index (κ3) is 8.75. The Morgan fingerprint density at radius 1 is 0.486 bits per heavy atom. The molecule has 72 heavy (non-hydrogen) atoms. The number of anilines is 4. The molecule has 2 aromatic heterocycles. The molecular formula is C64H45F2N4OPt-3. The Hall–Kier alpha value is -8.12. The van der Waals surface area contributed by atoms with Crippen LogP contribution in [0.3, 0.4) is 0 Å². The van der Waals surface area contributed by atoms with E-state index < -0.39 is 11.6 Å². The summed E-state index contributed by atoms with van der Waals surface area (Å²) in [6.45, 7) is 8.63. The van der Waals surface area contributed by atoms with Gasteiger partial charge in [0.1, 0.15) is 17.5 Å². The molecule has 0 fully saturated rings. The van der Waals surface area contributed by atoms with Gasteiger partial charge in [-0.25, -0.2) is 13.8 Å². The van der Waals surface area contributed by atoms with E-state index >= 15 is 0 Å². The molecular weight excluding hydrogens is 1070 g/mol. The second-order valence-electron chi connectivity index (χ2n) is 18.9. The largest absolute Gasteiger partial charge is 0.509 e. The van der Waals surface area contributed by atoms with E-state index in [9.17, 15) is 8.78 Å². The standard InChI is InChI=1S/C64H45F2N4O.Pt/c1-64(2,3)49-28-29-67-63(37-49)70-59-23-13-11-21-56(59)57-27-26-53(40-62(57)70)71-54-36-47(46-31-44(42-16-6-4-7-17-42)30-45(32-46)43-18-8-5-9-19-43)35-52(39-54)68-41-69(61-25-15-14-24-60(61)68)58-22-12-10-20-55(58)48-33-50(65)38-51(66)34-48;/h4-38,41H,1-3H3;/q-3;. The van der Waals surface area contributed by atoms with Crippen molar-refractivity contribution in [2.45, 2.75) is 26.2 Å². The Morgan fingerprint density at radius 3 is 1.75 bits per heavy atom. The molecule has 9 aromatic carbocycles. The predicted molar refractivity (Wildman–Crippen MR) is 285 cm³/mol. The van der Waals surface area contributed by atoms with Gasteiger partial charge in [-0.1, -0.05) is 135 Å². The van der Waals surface area contributed by atoms with Gasteiger partial charge in [-0.2, -0.15) is 6.07 Å². The zero-order valence-corrected chi connectivity index (χ0v) is 41.8. The molecule has 1 aliphatic rings. The first-order valence-corrected chi connectivity index (χ1v) is 23.6. The maximum absolute atomic E-state index is 14.7. The monoisotopic (exact) mass is 1120 g/mol. The molecule has 0 saturated carbocycles. The topological polar surface area (TPSA) is 33.5 Å². The number of hydrogen-bond donors (Lipinski definition) is 0. The predicted octanol–water partition coefficient (Wildman–Crippen LogP) is 17.2. The van der Waals surface area contributed by atoms with E-state index in [1.165, 1.54) is 17.7 Å². The summed E-state index contributed by atoms with van der Waals surface area (Å²) in [6.07, 6.45) is 1.88. The molecule has 0 amide bonds. The molecule has 0 unspecified atom stereocenters. The minimum Gasteiger partial charge on any atom is -0.509 e. The van der Waals surface area contributed by atoms with E-state index in [0.717, 1.165) is 84.1 Å². The molecule has 0 aliphatic carbocycles. The number of fused-ring (bicyclic) bond motifs is 4. The number of ether oxygens (including phenoxy) is 1. The van der Waals surface area contributed by atoms with E-state index in [4.69, 9.17) is 9.72 Å². The maximum atomic E-state index is 14.7. The Bertz CT molecular complexity index is 3730. The molecule has 0 N–H and O–H groups in total. The Kier molecular flexibility index (Phi) is 12.1. The fourth-order valence-corrected chi connectivity index (χ4v) is 9.70. The van der Waals surface area contributed by atoms with Crippen LogP contribution in [0.15, 0.2) is 212 Å². The van der Waals surface area contributed by atoms with Gasteiger partial charge in [0.25, 0.3) is 0 Å². The summed E-state index contributed by atoms with van der Waals surface area (Å²) in [5.74, 6) is 0.515. The summed E-state index contributed by atoms with van der Waals surface area (Å²) in [5.41, 5.74) is 13.5. The van der Waals surface area contributed by atoms with Crippen LogP contribution < -0.4 is 14.5 Å². The first-order valence-electron chi connectivity index (χ1n) is 23.6. The van der Waals surface area contributed by atoms with E-state index in [1.807, 2.05) is 79.6 Å². The van der Waals surface area contributed by atoms with E-state index in [0.29, 0.717) is 28.3 Å². The molecule has 354 valence electrons. The SMILES string of the molecule is CC(C)(C)c1ccnc(-n2c3[c-]c(Oc4[c-]c(N5[CH-]N(c6ccccc6-c6cc(F)cc(F)c6)c6ccccc65)cc(-c5cc(-c6ccccc6)cc(-c6ccccc6)c5)c4)ccc3c3ccccc32)c1.[Pt]. The van der Waals surface area contributed by atoms with Crippen LogP contribution in [-0.4, -0.2) is 9.55 Å². The molecule has 0 radical (unpaired) electrons. The van der Waals surface area contributed by atoms with Crippen molar-refractivity contribution < 1.29 is 34.6 Å². The average molecular weight is 1120 g/mol. The van der Waals surface area contributed by atoms with Crippen LogP contribution in [0.5, 0.6) is 11.5 Å². The van der Waals surface area contributed by atoms with Gasteiger partial charge >= 0.3 is 0 Å². The molecule has 1 aliphatic heterocycles. The zero-order valence-electron chi connectivity index (χ0n) is 39.6. The number of para-hydroxylation sites is 4. The van der Waals surface area contributed by atoms with E-state index in [1.54, 1.807) is 0 Å². The molecule has 0 atom stereocenters. The van der Waals surface area contributed by atoms with Gasteiger partial charge in [0, 0.05) is 73.0 Å². The molecule has 0 bridgehead atoms. The number of halogens is 2. The molecule has 5 nitrogen and oxygen atoms in total. The molecule has 12 rings (SSSR count).